The molecule has 0 radical (unpaired) electrons. The van der Waals surface area contributed by atoms with E-state index in [0.717, 1.165) is 53.3 Å². The Bertz CT molecular complexity index is 1120. The zero-order valence-corrected chi connectivity index (χ0v) is 23.8. The van der Waals surface area contributed by atoms with Crippen LogP contribution in [0.3, 0.4) is 0 Å². The molecule has 4 fully saturated rings. The Labute approximate surface area is 226 Å². The molecular weight excluding hydrogens is 448 g/mol. The molecule has 1 heterocycles. The molecule has 2 aromatic rings. The molecule has 4 aliphatic rings. The fraction of sp³-hybridized carbons (Fsp3) is 0.686. The summed E-state index contributed by atoms with van der Waals surface area (Å²) >= 11 is 0. The first kappa shape index (κ1) is 25.4. The molecule has 0 amide bonds. The first-order valence-corrected chi connectivity index (χ1v) is 15.7. The number of pyridine rings is 1. The largest absolute Gasteiger partial charge is 0.385 e. The lowest BCUT2D eigenvalue weighted by Crippen LogP contribution is -2.55. The third-order valence-electron chi connectivity index (χ3n) is 12.5. The molecule has 37 heavy (non-hydrogen) atoms. The Hall–Kier alpha value is -1.83. The highest BCUT2D eigenvalue weighted by Gasteiger charge is 2.60. The number of rotatable bonds is 7. The summed E-state index contributed by atoms with van der Waals surface area (Å²) in [6.07, 6.45) is 19.5. The molecule has 200 valence electrons. The maximum Gasteiger partial charge on any atom is 0.0708 e. The molecule has 1 aromatic carbocycles. The highest BCUT2D eigenvalue weighted by Crippen LogP contribution is 2.69. The Morgan fingerprint density at radius 1 is 0.973 bits per heavy atom. The zero-order valence-electron chi connectivity index (χ0n) is 23.8. The minimum atomic E-state index is 0.579. The number of benzene rings is 1. The monoisotopic (exact) mass is 498 g/mol. The summed E-state index contributed by atoms with van der Waals surface area (Å²) in [5.74, 6) is 5.92. The van der Waals surface area contributed by atoms with E-state index in [-0.39, 0.29) is 0 Å². The molecule has 0 bridgehead atoms. The highest BCUT2D eigenvalue weighted by molar-refractivity contribution is 5.90. The second-order valence-electron chi connectivity index (χ2n) is 13.9. The summed E-state index contributed by atoms with van der Waals surface area (Å²) in [6, 6.07) is 10.5. The maximum absolute atomic E-state index is 4.52. The number of nitrogens with one attached hydrogen (secondary N) is 1. The molecule has 8 atom stereocenters. The zero-order chi connectivity index (χ0) is 25.6. The van der Waals surface area contributed by atoms with Crippen LogP contribution in [0.4, 0.5) is 0 Å². The third kappa shape index (κ3) is 4.25. The van der Waals surface area contributed by atoms with Gasteiger partial charge in [0, 0.05) is 29.4 Å². The van der Waals surface area contributed by atoms with Crippen molar-refractivity contribution in [3.8, 4) is 0 Å². The van der Waals surface area contributed by atoms with Gasteiger partial charge >= 0.3 is 0 Å². The number of hydrogen-bond donors (Lipinski definition) is 1. The standard InChI is InChI=1S/C35H50N2/c1-5-25-23-29-31-17-16-26(34(31,3)20-18-32(29)35(4)19-7-6-14-30(25)35)11-9-21-36-24(2)27-12-8-15-33-28(27)13-10-22-37-33/h8,10,12-13,15,22,25-26,29-32,36H,2,5-7,9,11,14,16-21,23H2,1,3-4H3/t25-,26?,29?,30?,31?,32?,34?,35?/m0/s1. The predicted molar refractivity (Wildman–Crippen MR) is 157 cm³/mol. The van der Waals surface area contributed by atoms with Crippen molar-refractivity contribution in [1.82, 2.24) is 10.3 Å². The van der Waals surface area contributed by atoms with Crippen LogP contribution >= 0.6 is 0 Å². The summed E-state index contributed by atoms with van der Waals surface area (Å²) in [7, 11) is 0. The summed E-state index contributed by atoms with van der Waals surface area (Å²) < 4.78 is 0. The van der Waals surface area contributed by atoms with Crippen LogP contribution in [0.15, 0.2) is 43.1 Å². The summed E-state index contributed by atoms with van der Waals surface area (Å²) in [6.45, 7) is 13.4. The van der Waals surface area contributed by atoms with E-state index in [2.05, 4.69) is 61.9 Å². The van der Waals surface area contributed by atoms with Crippen LogP contribution < -0.4 is 5.32 Å². The van der Waals surface area contributed by atoms with Gasteiger partial charge in [-0.2, -0.15) is 0 Å². The summed E-state index contributed by atoms with van der Waals surface area (Å²) in [5.41, 5.74) is 4.50. The molecule has 2 heteroatoms. The van der Waals surface area contributed by atoms with Gasteiger partial charge in [0.05, 0.1) is 5.52 Å². The van der Waals surface area contributed by atoms with E-state index < -0.39 is 0 Å². The van der Waals surface area contributed by atoms with E-state index >= 15 is 0 Å². The number of hydrogen-bond acceptors (Lipinski definition) is 2. The predicted octanol–water partition coefficient (Wildman–Crippen LogP) is 9.26. The van der Waals surface area contributed by atoms with Crippen molar-refractivity contribution in [2.75, 3.05) is 6.54 Å². The van der Waals surface area contributed by atoms with Gasteiger partial charge < -0.3 is 5.32 Å². The van der Waals surface area contributed by atoms with Gasteiger partial charge in [-0.3, -0.25) is 4.98 Å². The van der Waals surface area contributed by atoms with E-state index in [1.165, 1.54) is 81.6 Å². The Morgan fingerprint density at radius 2 is 1.84 bits per heavy atom. The van der Waals surface area contributed by atoms with E-state index in [9.17, 15) is 0 Å². The highest BCUT2D eigenvalue weighted by atomic mass is 14.9. The summed E-state index contributed by atoms with van der Waals surface area (Å²) in [4.78, 5) is 4.52. The average Bonchev–Trinajstić information content (AvgIpc) is 3.26. The van der Waals surface area contributed by atoms with Crippen LogP contribution in [-0.4, -0.2) is 11.5 Å². The van der Waals surface area contributed by atoms with E-state index in [1.807, 2.05) is 12.3 Å². The van der Waals surface area contributed by atoms with Crippen LogP contribution in [0.5, 0.6) is 0 Å². The second-order valence-corrected chi connectivity index (χ2v) is 13.9. The van der Waals surface area contributed by atoms with Gasteiger partial charge in [-0.15, -0.1) is 0 Å². The molecule has 2 nitrogen and oxygen atoms in total. The van der Waals surface area contributed by atoms with Crippen molar-refractivity contribution >= 4 is 16.6 Å². The SMILES string of the molecule is C=C(NCCCC1CCC2C3C[C@H](CC)C4CCCCC4(C)C3CCC12C)c1cccc2ncccc12. The second kappa shape index (κ2) is 10.0. The maximum atomic E-state index is 4.52. The van der Waals surface area contributed by atoms with Crippen molar-refractivity contribution in [2.45, 2.75) is 97.8 Å². The van der Waals surface area contributed by atoms with Crippen molar-refractivity contribution < 1.29 is 0 Å². The Kier molecular flexibility index (Phi) is 6.91. The normalized spacial score (nSPS) is 39.0. The van der Waals surface area contributed by atoms with Gasteiger partial charge in [-0.05, 0) is 116 Å². The van der Waals surface area contributed by atoms with E-state index in [4.69, 9.17) is 0 Å². The molecule has 4 aliphatic carbocycles. The lowest BCUT2D eigenvalue weighted by molar-refractivity contribution is -0.135. The van der Waals surface area contributed by atoms with Gasteiger partial charge in [-0.1, -0.05) is 64.8 Å². The number of nitrogens with zero attached hydrogens (tertiary/aromatic N) is 1. The molecule has 7 unspecified atom stereocenters. The first-order chi connectivity index (χ1) is 18.0. The van der Waals surface area contributed by atoms with Crippen molar-refractivity contribution in [3.05, 3.63) is 48.7 Å². The lowest BCUT2D eigenvalue weighted by atomic mass is 9.42. The van der Waals surface area contributed by atoms with Crippen molar-refractivity contribution in [3.63, 3.8) is 0 Å². The molecular formula is C35H50N2. The van der Waals surface area contributed by atoms with Gasteiger partial charge in [0.1, 0.15) is 0 Å². The van der Waals surface area contributed by atoms with Crippen LogP contribution in [0.2, 0.25) is 0 Å². The minimum Gasteiger partial charge on any atom is -0.385 e. The topological polar surface area (TPSA) is 24.9 Å². The van der Waals surface area contributed by atoms with Crippen molar-refractivity contribution in [1.29, 1.82) is 0 Å². The fourth-order valence-electron chi connectivity index (χ4n) is 10.7. The fourth-order valence-corrected chi connectivity index (χ4v) is 10.7. The van der Waals surface area contributed by atoms with Gasteiger partial charge in [0.15, 0.2) is 0 Å². The minimum absolute atomic E-state index is 0.579. The number of aromatic nitrogens is 1. The molecule has 0 saturated heterocycles. The first-order valence-electron chi connectivity index (χ1n) is 15.7. The van der Waals surface area contributed by atoms with Gasteiger partial charge in [0.2, 0.25) is 0 Å². The Morgan fingerprint density at radius 3 is 2.70 bits per heavy atom. The quantitative estimate of drug-likeness (QED) is 0.385. The van der Waals surface area contributed by atoms with Crippen LogP contribution in [0.25, 0.3) is 16.6 Å². The van der Waals surface area contributed by atoms with Crippen molar-refractivity contribution in [2.24, 2.45) is 46.3 Å². The van der Waals surface area contributed by atoms with Crippen LogP contribution in [0, 0.1) is 46.3 Å². The molecule has 6 rings (SSSR count). The van der Waals surface area contributed by atoms with Crippen LogP contribution in [0.1, 0.15) is 103 Å². The smallest absolute Gasteiger partial charge is 0.0708 e. The third-order valence-corrected chi connectivity index (χ3v) is 12.5. The molecule has 1 N–H and O–H groups in total. The van der Waals surface area contributed by atoms with Crippen LogP contribution in [-0.2, 0) is 0 Å². The molecule has 4 saturated carbocycles. The molecule has 1 aromatic heterocycles. The van der Waals surface area contributed by atoms with E-state index in [1.54, 1.807) is 6.42 Å². The van der Waals surface area contributed by atoms with E-state index in [0.29, 0.717) is 10.8 Å². The van der Waals surface area contributed by atoms with Gasteiger partial charge in [-0.25, -0.2) is 0 Å². The summed E-state index contributed by atoms with van der Waals surface area (Å²) in [5, 5.41) is 4.86. The molecule has 0 aliphatic heterocycles. The number of fused-ring (bicyclic) bond motifs is 6. The molecule has 0 spiro atoms. The van der Waals surface area contributed by atoms with Gasteiger partial charge in [0.25, 0.3) is 0 Å². The Balaban J connectivity index is 1.08. The lowest BCUT2D eigenvalue weighted by Gasteiger charge is -2.62. The average molecular weight is 499 g/mol.